The molecule has 0 unspecified atom stereocenters. The van der Waals surface area contributed by atoms with Crippen LogP contribution in [-0.4, -0.2) is 76.7 Å². The fourth-order valence-electron chi connectivity index (χ4n) is 5.71. The Balaban J connectivity index is 1.59. The van der Waals surface area contributed by atoms with Crippen molar-refractivity contribution >= 4 is 74.8 Å². The number of anilines is 3. The van der Waals surface area contributed by atoms with Crippen LogP contribution in [0.25, 0.3) is 6.08 Å². The van der Waals surface area contributed by atoms with Crippen molar-refractivity contribution in [2.75, 3.05) is 19.0 Å². The molecule has 1 saturated heterocycles. The maximum atomic E-state index is 12.9. The van der Waals surface area contributed by atoms with E-state index >= 15 is 0 Å². The van der Waals surface area contributed by atoms with Crippen LogP contribution in [-0.2, 0) is 20.4 Å². The topological polar surface area (TPSA) is 60.9 Å². The summed E-state index contributed by atoms with van der Waals surface area (Å²) in [5, 5.41) is 0. The molecule has 3 aliphatic rings. The number of imide groups is 2. The van der Waals surface area contributed by atoms with E-state index in [9.17, 15) is 14.4 Å². The molecule has 0 radical (unpaired) electrons. The number of aryl methyl sites for hydroxylation is 1. The molecule has 36 heavy (non-hydrogen) atoms. The fraction of sp³-hybridized carbons (Fsp3) is 0.321. The Morgan fingerprint density at radius 3 is 2.14 bits per heavy atom. The number of benzene rings is 1. The quantitative estimate of drug-likeness (QED) is 0.222. The molecule has 2 aromatic heterocycles. The van der Waals surface area contributed by atoms with Gasteiger partial charge < -0.3 is 0 Å². The Hall–Kier alpha value is -2.36. The summed E-state index contributed by atoms with van der Waals surface area (Å²) in [6.07, 6.45) is 1.72. The van der Waals surface area contributed by atoms with Gasteiger partial charge in [-0.1, -0.05) is 0 Å². The summed E-state index contributed by atoms with van der Waals surface area (Å²) in [7, 11) is 2.84. The summed E-state index contributed by atoms with van der Waals surface area (Å²) in [5.74, 6) is -1.08. The number of likely N-dealkylation sites (N-methyl/N-ethyl adjacent to an activating group) is 2. The predicted molar refractivity (Wildman–Crippen MR) is 143 cm³/mol. The van der Waals surface area contributed by atoms with Gasteiger partial charge in [-0.25, -0.2) is 0 Å². The van der Waals surface area contributed by atoms with Gasteiger partial charge in [0.05, 0.1) is 0 Å². The molecule has 6 rings (SSSR count). The van der Waals surface area contributed by atoms with Gasteiger partial charge in [0.2, 0.25) is 0 Å². The number of barbiturate groups is 1. The van der Waals surface area contributed by atoms with Gasteiger partial charge in [-0.2, -0.15) is 0 Å². The van der Waals surface area contributed by atoms with Crippen molar-refractivity contribution in [3.63, 3.8) is 0 Å². The number of carbonyl (C=O) groups excluding carboxylic acids is 3. The molecule has 0 atom stereocenters. The van der Waals surface area contributed by atoms with E-state index < -0.39 is 38.3 Å². The van der Waals surface area contributed by atoms with E-state index in [0.717, 1.165) is 14.2 Å². The van der Waals surface area contributed by atoms with E-state index in [2.05, 4.69) is 69.9 Å². The second-order valence-electron chi connectivity index (χ2n) is 10.8. The zero-order valence-electron chi connectivity index (χ0n) is 21.3. The van der Waals surface area contributed by atoms with Crippen molar-refractivity contribution in [1.29, 1.82) is 0 Å². The fourth-order valence-corrected chi connectivity index (χ4v) is 11.6. The monoisotopic (exact) mass is 663 g/mol. The van der Waals surface area contributed by atoms with Crippen LogP contribution in [0, 0.1) is 6.92 Å². The van der Waals surface area contributed by atoms with Crippen LogP contribution < -0.4 is 4.90 Å². The SMILES string of the molecule is Cc1cc2c([te]1)C(C)(C)c1cccc3c1N2c1[se]c(C=C2C(=O)N(C)C(=O)N(C)C2=O)cc1C3(C)C. The maximum absolute atomic E-state index is 12.9. The van der Waals surface area contributed by atoms with Gasteiger partial charge in [-0.05, 0) is 0 Å². The summed E-state index contributed by atoms with van der Waals surface area (Å²) in [5.41, 5.74) is 6.41. The number of para-hydroxylation sites is 1. The minimum absolute atomic E-state index is 0.00565. The van der Waals surface area contributed by atoms with Crippen molar-refractivity contribution in [3.8, 4) is 0 Å². The van der Waals surface area contributed by atoms with Gasteiger partial charge in [0.15, 0.2) is 0 Å². The van der Waals surface area contributed by atoms with Gasteiger partial charge in [0, 0.05) is 0 Å². The van der Waals surface area contributed by atoms with Crippen LogP contribution in [0.15, 0.2) is 35.9 Å². The Morgan fingerprint density at radius 2 is 1.50 bits per heavy atom. The second-order valence-corrected chi connectivity index (χ2v) is 16.6. The third kappa shape index (κ3) is 2.99. The number of fused-ring (bicyclic) bond motifs is 4. The van der Waals surface area contributed by atoms with Gasteiger partial charge in [-0.15, -0.1) is 0 Å². The molecule has 5 heterocycles. The first-order valence-electron chi connectivity index (χ1n) is 11.9. The third-order valence-electron chi connectivity index (χ3n) is 7.79. The Kier molecular flexibility index (Phi) is 5.06. The van der Waals surface area contributed by atoms with Crippen LogP contribution in [0.3, 0.4) is 0 Å². The summed E-state index contributed by atoms with van der Waals surface area (Å²) in [4.78, 5) is 42.5. The van der Waals surface area contributed by atoms with E-state index in [4.69, 9.17) is 0 Å². The second kappa shape index (κ2) is 7.58. The zero-order valence-corrected chi connectivity index (χ0v) is 25.4. The molecule has 184 valence electrons. The van der Waals surface area contributed by atoms with E-state index in [0.29, 0.717) is 0 Å². The van der Waals surface area contributed by atoms with E-state index in [1.54, 1.807) is 9.66 Å². The van der Waals surface area contributed by atoms with E-state index in [-0.39, 0.29) is 30.9 Å². The summed E-state index contributed by atoms with van der Waals surface area (Å²) in [6, 6.07) is 10.7. The summed E-state index contributed by atoms with van der Waals surface area (Å²) in [6.45, 7) is 11.5. The molecule has 6 nitrogen and oxygen atoms in total. The third-order valence-corrected chi connectivity index (χ3v) is 13.9. The Bertz CT molecular complexity index is 1530. The first kappa shape index (κ1) is 24.0. The average Bonchev–Trinajstić information content (AvgIpc) is 3.44. The standard InChI is InChI=1S/C28H27N3O3SeTe/c1-14-11-20-22(36-14)28(4,5)18-10-8-9-17-21(18)31(20)25-19(27(17,2)3)13-15(35-25)12-16-23(32)29(6)26(34)30(7)24(16)33/h8-13H,1-7H3. The molecule has 3 aromatic rings. The van der Waals surface area contributed by atoms with Gasteiger partial charge in [0.1, 0.15) is 0 Å². The molecule has 0 bridgehead atoms. The molecule has 0 aliphatic carbocycles. The van der Waals surface area contributed by atoms with Crippen molar-refractivity contribution in [2.45, 2.75) is 45.4 Å². The summed E-state index contributed by atoms with van der Waals surface area (Å²) < 4.78 is 5.33. The molecular weight excluding hydrogens is 633 g/mol. The summed E-state index contributed by atoms with van der Waals surface area (Å²) >= 11 is -0.505. The van der Waals surface area contributed by atoms with Crippen LogP contribution in [0.4, 0.5) is 20.7 Å². The van der Waals surface area contributed by atoms with Crippen LogP contribution in [0.1, 0.15) is 56.0 Å². The zero-order chi connectivity index (χ0) is 25.9. The molecule has 4 amide bonds. The number of nitrogens with zero attached hydrogens (tertiary/aromatic N) is 3. The van der Waals surface area contributed by atoms with Crippen molar-refractivity contribution in [2.24, 2.45) is 0 Å². The molecule has 1 aromatic carbocycles. The molecule has 0 spiro atoms. The molecule has 3 aliphatic heterocycles. The normalized spacial score (nSPS) is 19.4. The van der Waals surface area contributed by atoms with Crippen LogP contribution in [0.5, 0.6) is 0 Å². The molecule has 0 saturated carbocycles. The van der Waals surface area contributed by atoms with Gasteiger partial charge in [0.25, 0.3) is 0 Å². The van der Waals surface area contributed by atoms with Crippen LogP contribution in [0.2, 0.25) is 0 Å². The Labute approximate surface area is 226 Å². The van der Waals surface area contributed by atoms with Crippen molar-refractivity contribution in [1.82, 2.24) is 9.80 Å². The number of carbonyl (C=O) groups is 3. The number of amides is 4. The Morgan fingerprint density at radius 1 is 0.889 bits per heavy atom. The molecular formula is C28H27N3O3SeTe. The van der Waals surface area contributed by atoms with Crippen LogP contribution >= 0.6 is 0 Å². The molecule has 8 heteroatoms. The van der Waals surface area contributed by atoms with Crippen molar-refractivity contribution < 1.29 is 14.4 Å². The first-order chi connectivity index (χ1) is 16.9. The number of hydrogen-bond donors (Lipinski definition) is 0. The van der Waals surface area contributed by atoms with E-state index in [1.807, 2.05) is 0 Å². The first-order valence-corrected chi connectivity index (χ1v) is 15.9. The average molecular weight is 660 g/mol. The van der Waals surface area contributed by atoms with E-state index in [1.165, 1.54) is 50.3 Å². The molecule has 1 fully saturated rings. The minimum atomic E-state index is -0.600. The predicted octanol–water partition coefficient (Wildman–Crippen LogP) is 4.29. The number of hydrogen-bond acceptors (Lipinski definition) is 4. The van der Waals surface area contributed by atoms with Gasteiger partial charge >= 0.3 is 228 Å². The van der Waals surface area contributed by atoms with Gasteiger partial charge in [-0.3, -0.25) is 0 Å². The molecule has 0 N–H and O–H groups in total. The number of rotatable bonds is 1. The number of urea groups is 1. The van der Waals surface area contributed by atoms with Crippen molar-refractivity contribution in [3.05, 3.63) is 64.2 Å².